The minimum Gasteiger partial charge on any atom is -0.376 e. The molecule has 0 bridgehead atoms. The minimum atomic E-state index is 0. The fourth-order valence-corrected chi connectivity index (χ4v) is 2.49. The Morgan fingerprint density at radius 2 is 2.18 bits per heavy atom. The molecule has 6 nitrogen and oxygen atoms in total. The molecule has 0 amide bonds. The summed E-state index contributed by atoms with van der Waals surface area (Å²) in [5.41, 5.74) is 2.15. The van der Waals surface area contributed by atoms with Gasteiger partial charge in [0.25, 0.3) is 0 Å². The summed E-state index contributed by atoms with van der Waals surface area (Å²) >= 11 is 0. The van der Waals surface area contributed by atoms with E-state index < -0.39 is 0 Å². The first-order chi connectivity index (χ1) is 10.2. The van der Waals surface area contributed by atoms with Gasteiger partial charge in [-0.25, -0.2) is 0 Å². The number of rotatable bonds is 6. The first-order valence-corrected chi connectivity index (χ1v) is 7.76. The lowest BCUT2D eigenvalue weighted by Gasteiger charge is -2.12. The highest BCUT2D eigenvalue weighted by Crippen LogP contribution is 2.12. The van der Waals surface area contributed by atoms with Gasteiger partial charge in [-0.05, 0) is 40.0 Å². The van der Waals surface area contributed by atoms with Crippen LogP contribution in [0.1, 0.15) is 36.8 Å². The summed E-state index contributed by atoms with van der Waals surface area (Å²) in [6.07, 6.45) is 3.42. The van der Waals surface area contributed by atoms with Gasteiger partial charge in [-0.1, -0.05) is 5.16 Å². The normalized spacial score (nSPS) is 18.1. The standard InChI is InChI=1S/C15H26N4O2.HI/c1-4-16-15(18-10-13-6-5-9-20-13)17-8-7-14-11(2)19-21-12(14)3;/h13H,4-10H2,1-3H3,(H2,16,17,18);1H. The summed E-state index contributed by atoms with van der Waals surface area (Å²) in [7, 11) is 0. The van der Waals surface area contributed by atoms with Gasteiger partial charge in [-0.15, -0.1) is 24.0 Å². The molecule has 2 N–H and O–H groups in total. The van der Waals surface area contributed by atoms with E-state index in [2.05, 4.69) is 27.7 Å². The summed E-state index contributed by atoms with van der Waals surface area (Å²) < 4.78 is 10.8. The number of guanidine groups is 1. The van der Waals surface area contributed by atoms with Crippen molar-refractivity contribution in [3.05, 3.63) is 17.0 Å². The van der Waals surface area contributed by atoms with E-state index in [1.54, 1.807) is 0 Å². The van der Waals surface area contributed by atoms with Crippen molar-refractivity contribution in [3.63, 3.8) is 0 Å². The molecule has 2 heterocycles. The average molecular weight is 422 g/mol. The second-order valence-electron chi connectivity index (χ2n) is 5.33. The molecule has 7 heteroatoms. The van der Waals surface area contributed by atoms with Gasteiger partial charge in [0, 0.05) is 25.3 Å². The first kappa shape index (κ1) is 19.2. The van der Waals surface area contributed by atoms with Gasteiger partial charge in [-0.3, -0.25) is 4.99 Å². The number of nitrogens with one attached hydrogen (secondary N) is 2. The zero-order valence-electron chi connectivity index (χ0n) is 13.6. The van der Waals surface area contributed by atoms with Crippen LogP contribution >= 0.6 is 24.0 Å². The number of aromatic nitrogens is 1. The zero-order chi connectivity index (χ0) is 15.1. The number of halogens is 1. The topological polar surface area (TPSA) is 71.7 Å². The van der Waals surface area contributed by atoms with Crippen LogP contribution in [-0.4, -0.2) is 43.5 Å². The molecule has 0 spiro atoms. The zero-order valence-corrected chi connectivity index (χ0v) is 16.0. The van der Waals surface area contributed by atoms with Crippen LogP contribution < -0.4 is 10.6 Å². The molecule has 1 fully saturated rings. The maximum Gasteiger partial charge on any atom is 0.191 e. The first-order valence-electron chi connectivity index (χ1n) is 7.76. The third kappa shape index (κ3) is 5.75. The molecule has 1 unspecified atom stereocenters. The summed E-state index contributed by atoms with van der Waals surface area (Å²) in [6.45, 7) is 9.24. The van der Waals surface area contributed by atoms with Crippen molar-refractivity contribution < 1.29 is 9.26 Å². The minimum absolute atomic E-state index is 0. The quantitative estimate of drug-likeness (QED) is 0.418. The van der Waals surface area contributed by atoms with Gasteiger partial charge in [0.2, 0.25) is 0 Å². The molecule has 1 aromatic rings. The molecule has 1 atom stereocenters. The van der Waals surface area contributed by atoms with Gasteiger partial charge in [-0.2, -0.15) is 0 Å². The van der Waals surface area contributed by atoms with Crippen molar-refractivity contribution in [2.45, 2.75) is 46.1 Å². The highest BCUT2D eigenvalue weighted by molar-refractivity contribution is 14.0. The number of nitrogens with zero attached hydrogens (tertiary/aromatic N) is 2. The van der Waals surface area contributed by atoms with E-state index in [4.69, 9.17) is 9.26 Å². The monoisotopic (exact) mass is 422 g/mol. The summed E-state index contributed by atoms with van der Waals surface area (Å²) in [6, 6.07) is 0. The summed E-state index contributed by atoms with van der Waals surface area (Å²) in [5, 5.41) is 10.6. The van der Waals surface area contributed by atoms with Crippen LogP contribution in [0.15, 0.2) is 9.52 Å². The van der Waals surface area contributed by atoms with Gasteiger partial charge in [0.15, 0.2) is 5.96 Å². The lowest BCUT2D eigenvalue weighted by Crippen LogP contribution is -2.39. The third-order valence-corrected chi connectivity index (χ3v) is 3.67. The fourth-order valence-electron chi connectivity index (χ4n) is 2.49. The Kier molecular flexibility index (Phi) is 8.77. The molecule has 0 radical (unpaired) electrons. The van der Waals surface area contributed by atoms with Crippen molar-refractivity contribution in [3.8, 4) is 0 Å². The maximum absolute atomic E-state index is 5.59. The van der Waals surface area contributed by atoms with Crippen molar-refractivity contribution in [2.75, 3.05) is 26.2 Å². The third-order valence-electron chi connectivity index (χ3n) is 3.67. The second-order valence-corrected chi connectivity index (χ2v) is 5.33. The van der Waals surface area contributed by atoms with Crippen LogP contribution in [0.2, 0.25) is 0 Å². The van der Waals surface area contributed by atoms with E-state index in [1.165, 1.54) is 5.56 Å². The Hall–Kier alpha value is -0.830. The van der Waals surface area contributed by atoms with Crippen LogP contribution in [0.4, 0.5) is 0 Å². The van der Waals surface area contributed by atoms with Gasteiger partial charge >= 0.3 is 0 Å². The molecule has 1 aromatic heterocycles. The predicted molar refractivity (Wildman–Crippen MR) is 98.1 cm³/mol. The highest BCUT2D eigenvalue weighted by Gasteiger charge is 2.15. The number of hydrogen-bond acceptors (Lipinski definition) is 4. The van der Waals surface area contributed by atoms with Crippen LogP contribution in [0.25, 0.3) is 0 Å². The molecule has 2 rings (SSSR count). The molecule has 1 aliphatic heterocycles. The number of hydrogen-bond donors (Lipinski definition) is 2. The lowest BCUT2D eigenvalue weighted by molar-refractivity contribution is 0.117. The molecule has 1 saturated heterocycles. The Balaban J connectivity index is 0.00000242. The smallest absolute Gasteiger partial charge is 0.191 e. The van der Waals surface area contributed by atoms with E-state index in [1.807, 2.05) is 13.8 Å². The second kappa shape index (κ2) is 10.0. The van der Waals surface area contributed by atoms with Crippen molar-refractivity contribution >= 4 is 29.9 Å². The van der Waals surface area contributed by atoms with Gasteiger partial charge in [0.05, 0.1) is 18.3 Å². The largest absolute Gasteiger partial charge is 0.376 e. The number of aryl methyl sites for hydroxylation is 2. The van der Waals surface area contributed by atoms with Crippen molar-refractivity contribution in [2.24, 2.45) is 4.99 Å². The lowest BCUT2D eigenvalue weighted by atomic mass is 10.1. The Labute approximate surface area is 149 Å². The van der Waals surface area contributed by atoms with E-state index >= 15 is 0 Å². The van der Waals surface area contributed by atoms with E-state index in [0.29, 0.717) is 0 Å². The molecular weight excluding hydrogens is 395 g/mol. The van der Waals surface area contributed by atoms with Gasteiger partial charge < -0.3 is 19.9 Å². The maximum atomic E-state index is 5.59. The van der Waals surface area contributed by atoms with Crippen LogP contribution in [0.3, 0.4) is 0 Å². The molecule has 0 saturated carbocycles. The predicted octanol–water partition coefficient (Wildman–Crippen LogP) is 2.19. The van der Waals surface area contributed by atoms with E-state index in [-0.39, 0.29) is 30.1 Å². The number of ether oxygens (including phenoxy) is 1. The Bertz CT molecular complexity index is 451. The van der Waals surface area contributed by atoms with E-state index in [9.17, 15) is 0 Å². The van der Waals surface area contributed by atoms with Crippen molar-refractivity contribution in [1.29, 1.82) is 0 Å². The number of aliphatic imine (C=N–C) groups is 1. The SMILES string of the molecule is CCNC(=NCC1CCCO1)NCCc1c(C)noc1C.I. The van der Waals surface area contributed by atoms with E-state index in [0.717, 1.165) is 62.9 Å². The molecule has 0 aromatic carbocycles. The Morgan fingerprint density at radius 1 is 1.36 bits per heavy atom. The van der Waals surface area contributed by atoms with Crippen LogP contribution in [-0.2, 0) is 11.2 Å². The molecule has 22 heavy (non-hydrogen) atoms. The van der Waals surface area contributed by atoms with Gasteiger partial charge in [0.1, 0.15) is 5.76 Å². The van der Waals surface area contributed by atoms with Crippen LogP contribution in [0.5, 0.6) is 0 Å². The highest BCUT2D eigenvalue weighted by atomic mass is 127. The summed E-state index contributed by atoms with van der Waals surface area (Å²) in [4.78, 5) is 4.59. The fraction of sp³-hybridized carbons (Fsp3) is 0.733. The molecule has 126 valence electrons. The van der Waals surface area contributed by atoms with Crippen LogP contribution in [0, 0.1) is 13.8 Å². The molecular formula is C15H27IN4O2. The Morgan fingerprint density at radius 3 is 2.77 bits per heavy atom. The molecule has 1 aliphatic rings. The average Bonchev–Trinajstić information content (AvgIpc) is 3.09. The summed E-state index contributed by atoms with van der Waals surface area (Å²) in [5.74, 6) is 1.75. The molecule has 0 aliphatic carbocycles. The van der Waals surface area contributed by atoms with Crippen molar-refractivity contribution in [1.82, 2.24) is 15.8 Å².